The topological polar surface area (TPSA) is 344 Å². The third-order valence-corrected chi connectivity index (χ3v) is 8.48. The van der Waals surface area contributed by atoms with E-state index in [-0.39, 0.29) is 51.0 Å². The SMILES string of the molecule is CC(C)C[C@H](NC(=O)[C@H](CC(=O)O)NC(=O)[C@H](Cc1cnc[nH]1)NC(=O)[C@H](CCCCN)NC(=O)[C@H](Cc1ccccc1)NC(=O)[C@@H](N)CCC(N)=O)C(=O)O. The van der Waals surface area contributed by atoms with Crippen molar-refractivity contribution in [3.05, 3.63) is 54.1 Å². The molecule has 2 aromatic rings. The van der Waals surface area contributed by atoms with Crippen LogP contribution < -0.4 is 43.8 Å². The summed E-state index contributed by atoms with van der Waals surface area (Å²) in [5.74, 6) is -8.01. The Labute approximate surface area is 323 Å². The van der Waals surface area contributed by atoms with E-state index in [0.717, 1.165) is 0 Å². The molecule has 2 rings (SSSR count). The summed E-state index contributed by atoms with van der Waals surface area (Å²) in [6.07, 6.45) is 2.25. The lowest BCUT2D eigenvalue weighted by atomic mass is 10.0. The molecule has 308 valence electrons. The van der Waals surface area contributed by atoms with E-state index >= 15 is 0 Å². The van der Waals surface area contributed by atoms with Crippen molar-refractivity contribution in [2.24, 2.45) is 23.1 Å². The molecule has 20 heteroatoms. The first-order valence-electron chi connectivity index (χ1n) is 18.2. The summed E-state index contributed by atoms with van der Waals surface area (Å²) in [6.45, 7) is 3.74. The smallest absolute Gasteiger partial charge is 0.326 e. The maximum absolute atomic E-state index is 13.9. The van der Waals surface area contributed by atoms with E-state index < -0.39 is 90.1 Å². The standard InChI is InChI=1S/C36H54N10O10/c1-20(2)14-28(36(55)56)46-35(54)27(17-30(48)49)45-34(53)26(16-22-18-40-19-41-22)44-32(51)24(10-6-7-13-37)42-33(52)25(15-21-8-4-3-5-9-21)43-31(50)23(38)11-12-29(39)47/h3-5,8-9,18-20,23-28H,6-7,10-17,37-38H2,1-2H3,(H2,39,47)(H,40,41)(H,42,52)(H,43,50)(H,44,51)(H,45,53)(H,46,54)(H,48,49)(H,55,56)/t23-,24-,25-,26-,27-,28-/m0/s1. The van der Waals surface area contributed by atoms with Crippen molar-refractivity contribution in [3.63, 3.8) is 0 Å². The van der Waals surface area contributed by atoms with Crippen molar-refractivity contribution in [1.82, 2.24) is 36.6 Å². The van der Waals surface area contributed by atoms with Crippen LogP contribution in [0.1, 0.15) is 70.1 Å². The molecule has 0 fully saturated rings. The van der Waals surface area contributed by atoms with Crippen molar-refractivity contribution < 1.29 is 48.6 Å². The zero-order chi connectivity index (χ0) is 41.8. The molecule has 20 nitrogen and oxygen atoms in total. The maximum atomic E-state index is 13.9. The third-order valence-electron chi connectivity index (χ3n) is 8.48. The fraction of sp³-hybridized carbons (Fsp3) is 0.528. The van der Waals surface area contributed by atoms with Gasteiger partial charge in [0, 0.05) is 31.2 Å². The summed E-state index contributed by atoms with van der Waals surface area (Å²) < 4.78 is 0. The predicted octanol–water partition coefficient (Wildman–Crippen LogP) is -2.05. The van der Waals surface area contributed by atoms with Crippen LogP contribution in [0.5, 0.6) is 0 Å². The molecule has 0 radical (unpaired) electrons. The number of imidazole rings is 1. The van der Waals surface area contributed by atoms with E-state index in [1.165, 1.54) is 12.5 Å². The zero-order valence-electron chi connectivity index (χ0n) is 31.5. The van der Waals surface area contributed by atoms with Crippen molar-refractivity contribution in [2.45, 2.75) is 108 Å². The molecule has 0 bridgehead atoms. The molecule has 14 N–H and O–H groups in total. The van der Waals surface area contributed by atoms with Crippen LogP contribution in [0, 0.1) is 5.92 Å². The fourth-order valence-electron chi connectivity index (χ4n) is 5.52. The second-order valence-electron chi connectivity index (χ2n) is 13.7. The predicted molar refractivity (Wildman–Crippen MR) is 201 cm³/mol. The second kappa shape index (κ2) is 23.8. The summed E-state index contributed by atoms with van der Waals surface area (Å²) in [4.78, 5) is 109. The van der Waals surface area contributed by atoms with Gasteiger partial charge in [0.15, 0.2) is 0 Å². The van der Waals surface area contributed by atoms with Gasteiger partial charge in [0.2, 0.25) is 35.4 Å². The van der Waals surface area contributed by atoms with E-state index in [0.29, 0.717) is 24.1 Å². The Kier molecular flexibility index (Phi) is 19.7. The van der Waals surface area contributed by atoms with Gasteiger partial charge in [-0.15, -0.1) is 0 Å². The van der Waals surface area contributed by atoms with Gasteiger partial charge in [0.05, 0.1) is 18.8 Å². The van der Waals surface area contributed by atoms with Gasteiger partial charge in [0.25, 0.3) is 0 Å². The number of amides is 6. The Balaban J connectivity index is 2.38. The number of nitrogens with two attached hydrogens (primary N) is 3. The maximum Gasteiger partial charge on any atom is 0.326 e. The summed E-state index contributed by atoms with van der Waals surface area (Å²) in [5.41, 5.74) is 17.9. The van der Waals surface area contributed by atoms with Crippen LogP contribution in [0.3, 0.4) is 0 Å². The van der Waals surface area contributed by atoms with Gasteiger partial charge in [-0.1, -0.05) is 44.2 Å². The van der Waals surface area contributed by atoms with E-state index in [4.69, 9.17) is 17.2 Å². The molecular formula is C36H54N10O10. The van der Waals surface area contributed by atoms with Gasteiger partial charge < -0.3 is 59.0 Å². The second-order valence-corrected chi connectivity index (χ2v) is 13.7. The molecule has 6 amide bonds. The number of benzene rings is 1. The Morgan fingerprint density at radius 1 is 0.732 bits per heavy atom. The zero-order valence-corrected chi connectivity index (χ0v) is 31.5. The molecule has 0 aliphatic rings. The molecule has 1 heterocycles. The molecule has 0 spiro atoms. The monoisotopic (exact) mass is 786 g/mol. The summed E-state index contributed by atoms with van der Waals surface area (Å²) in [5, 5.41) is 31.5. The Morgan fingerprint density at radius 2 is 1.29 bits per heavy atom. The highest BCUT2D eigenvalue weighted by molar-refractivity contribution is 5.97. The summed E-state index contributed by atoms with van der Waals surface area (Å²) in [6, 6.07) is 0.448. The lowest BCUT2D eigenvalue weighted by Crippen LogP contribution is -2.60. The third kappa shape index (κ3) is 17.1. The number of nitrogens with one attached hydrogen (secondary N) is 6. The molecular weight excluding hydrogens is 732 g/mol. The number of carboxylic acid groups (broad SMARTS) is 2. The van der Waals surface area contributed by atoms with E-state index in [1.54, 1.807) is 44.2 Å². The molecule has 56 heavy (non-hydrogen) atoms. The summed E-state index contributed by atoms with van der Waals surface area (Å²) >= 11 is 0. The van der Waals surface area contributed by atoms with E-state index in [9.17, 15) is 48.6 Å². The van der Waals surface area contributed by atoms with Gasteiger partial charge in [-0.3, -0.25) is 33.6 Å². The minimum absolute atomic E-state index is 0.00409. The van der Waals surface area contributed by atoms with Crippen LogP contribution >= 0.6 is 0 Å². The van der Waals surface area contributed by atoms with Crippen LogP contribution in [0.15, 0.2) is 42.9 Å². The molecule has 1 aromatic heterocycles. The number of carboxylic acids is 2. The largest absolute Gasteiger partial charge is 0.481 e. The molecule has 6 atom stereocenters. The van der Waals surface area contributed by atoms with Gasteiger partial charge in [-0.05, 0) is 50.1 Å². The van der Waals surface area contributed by atoms with Gasteiger partial charge in [-0.25, -0.2) is 9.78 Å². The number of unbranched alkanes of at least 4 members (excludes halogenated alkanes) is 1. The molecule has 0 saturated carbocycles. The Morgan fingerprint density at radius 3 is 1.84 bits per heavy atom. The fourth-order valence-corrected chi connectivity index (χ4v) is 5.52. The number of primary amides is 1. The number of H-pyrrole nitrogens is 1. The van der Waals surface area contributed by atoms with Crippen LogP contribution in [0.2, 0.25) is 0 Å². The Bertz CT molecular complexity index is 1620. The average Bonchev–Trinajstić information content (AvgIpc) is 3.65. The molecule has 0 saturated heterocycles. The van der Waals surface area contributed by atoms with E-state index in [1.807, 2.05) is 0 Å². The quantitative estimate of drug-likeness (QED) is 0.0458. The van der Waals surface area contributed by atoms with Crippen LogP contribution in [0.4, 0.5) is 0 Å². The van der Waals surface area contributed by atoms with Gasteiger partial charge in [-0.2, -0.15) is 0 Å². The highest BCUT2D eigenvalue weighted by Gasteiger charge is 2.34. The number of aromatic amines is 1. The van der Waals surface area contributed by atoms with Gasteiger partial charge in [0.1, 0.15) is 30.2 Å². The number of nitrogens with zero attached hydrogens (tertiary/aromatic N) is 1. The highest BCUT2D eigenvalue weighted by Crippen LogP contribution is 2.10. The number of rotatable bonds is 26. The van der Waals surface area contributed by atoms with Crippen LogP contribution in [0.25, 0.3) is 0 Å². The number of aromatic nitrogens is 2. The first-order chi connectivity index (χ1) is 26.5. The van der Waals surface area contributed by atoms with Crippen molar-refractivity contribution in [3.8, 4) is 0 Å². The van der Waals surface area contributed by atoms with Crippen LogP contribution in [-0.4, -0.2) is 110 Å². The number of carbonyl (C=O) groups is 8. The Hall–Kier alpha value is -5.89. The van der Waals surface area contributed by atoms with Crippen molar-refractivity contribution in [1.29, 1.82) is 0 Å². The highest BCUT2D eigenvalue weighted by atomic mass is 16.4. The van der Waals surface area contributed by atoms with Crippen molar-refractivity contribution in [2.75, 3.05) is 6.54 Å². The molecule has 0 unspecified atom stereocenters. The lowest BCUT2D eigenvalue weighted by molar-refractivity contribution is -0.144. The van der Waals surface area contributed by atoms with Crippen LogP contribution in [-0.2, 0) is 51.2 Å². The first-order valence-corrected chi connectivity index (χ1v) is 18.2. The number of carbonyl (C=O) groups excluding carboxylic acids is 6. The number of hydrogen-bond acceptors (Lipinski definition) is 11. The number of hydrogen-bond donors (Lipinski definition) is 11. The average molecular weight is 787 g/mol. The normalized spacial score (nSPS) is 14.2. The van der Waals surface area contributed by atoms with E-state index in [2.05, 4.69) is 36.6 Å². The first kappa shape index (κ1) is 46.3. The lowest BCUT2D eigenvalue weighted by Gasteiger charge is -2.27. The van der Waals surface area contributed by atoms with Crippen molar-refractivity contribution >= 4 is 47.4 Å². The number of aliphatic carboxylic acids is 2. The molecule has 1 aromatic carbocycles. The summed E-state index contributed by atoms with van der Waals surface area (Å²) in [7, 11) is 0. The molecule has 0 aliphatic heterocycles. The van der Waals surface area contributed by atoms with Gasteiger partial charge >= 0.3 is 11.9 Å². The molecule has 0 aliphatic carbocycles. The minimum atomic E-state index is -1.73. The minimum Gasteiger partial charge on any atom is -0.481 e.